The van der Waals surface area contributed by atoms with Crippen LogP contribution >= 0.6 is 11.8 Å². The second-order valence-corrected chi connectivity index (χ2v) is 9.59. The Labute approximate surface area is 202 Å². The highest BCUT2D eigenvalue weighted by Gasteiger charge is 2.23. The average molecular weight is 485 g/mol. The van der Waals surface area contributed by atoms with Crippen LogP contribution in [0.4, 0.5) is 13.2 Å². The van der Waals surface area contributed by atoms with Crippen LogP contribution in [0.25, 0.3) is 0 Å². The topological polar surface area (TPSA) is 32.3 Å². The van der Waals surface area contributed by atoms with Gasteiger partial charge in [0.25, 0.3) is 5.91 Å². The quantitative estimate of drug-likeness (QED) is 0.409. The minimum atomic E-state index is -0.349. The van der Waals surface area contributed by atoms with Gasteiger partial charge in [0.2, 0.25) is 0 Å². The van der Waals surface area contributed by atoms with Gasteiger partial charge in [-0.3, -0.25) is 4.79 Å². The smallest absolute Gasteiger partial charge is 0.253 e. The van der Waals surface area contributed by atoms with E-state index in [0.29, 0.717) is 24.7 Å². The third-order valence-corrected chi connectivity index (χ3v) is 7.36. The number of nitrogens with one attached hydrogen (secondary N) is 1. The molecule has 3 aromatic rings. The molecule has 178 valence electrons. The number of likely N-dealkylation sites (tertiary alicyclic amines) is 1. The third kappa shape index (κ3) is 6.42. The molecule has 0 aromatic heterocycles. The summed E-state index contributed by atoms with van der Waals surface area (Å²) in [6.45, 7) is 2.11. The van der Waals surface area contributed by atoms with Crippen LogP contribution in [0.1, 0.15) is 39.6 Å². The summed E-state index contributed by atoms with van der Waals surface area (Å²) in [4.78, 5) is 14.4. The Bertz CT molecular complexity index is 1020. The first-order valence-corrected chi connectivity index (χ1v) is 12.5. The van der Waals surface area contributed by atoms with E-state index in [1.54, 1.807) is 36.0 Å². The molecule has 1 aliphatic heterocycles. The second kappa shape index (κ2) is 11.6. The molecule has 0 saturated carbocycles. The molecule has 1 amide bonds. The van der Waals surface area contributed by atoms with Crippen LogP contribution in [0.2, 0.25) is 0 Å². The van der Waals surface area contributed by atoms with Crippen LogP contribution in [-0.4, -0.2) is 42.2 Å². The fourth-order valence-corrected chi connectivity index (χ4v) is 5.33. The summed E-state index contributed by atoms with van der Waals surface area (Å²) in [5, 5.41) is 3.56. The number of thioether (sulfide) groups is 1. The molecular weight excluding hydrogens is 457 g/mol. The minimum absolute atomic E-state index is 0.0156. The Hall–Kier alpha value is -2.77. The van der Waals surface area contributed by atoms with Crippen molar-refractivity contribution in [3.05, 3.63) is 107 Å². The monoisotopic (exact) mass is 484 g/mol. The van der Waals surface area contributed by atoms with Crippen molar-refractivity contribution in [2.75, 3.05) is 25.4 Å². The number of piperidine rings is 1. The van der Waals surface area contributed by atoms with Gasteiger partial charge in [0.05, 0.1) is 5.25 Å². The number of rotatable bonds is 8. The summed E-state index contributed by atoms with van der Waals surface area (Å²) in [7, 11) is 0. The molecule has 0 aliphatic carbocycles. The van der Waals surface area contributed by atoms with Crippen LogP contribution in [0, 0.1) is 17.5 Å². The second-order valence-electron chi connectivity index (χ2n) is 8.38. The number of hydrogen-bond acceptors (Lipinski definition) is 3. The molecule has 7 heteroatoms. The highest BCUT2D eigenvalue weighted by molar-refractivity contribution is 7.99. The van der Waals surface area contributed by atoms with E-state index in [2.05, 4.69) is 5.32 Å². The highest BCUT2D eigenvalue weighted by Crippen LogP contribution is 2.35. The van der Waals surface area contributed by atoms with E-state index in [4.69, 9.17) is 0 Å². The van der Waals surface area contributed by atoms with Crippen molar-refractivity contribution < 1.29 is 18.0 Å². The van der Waals surface area contributed by atoms with Crippen LogP contribution in [-0.2, 0) is 0 Å². The van der Waals surface area contributed by atoms with Gasteiger partial charge >= 0.3 is 0 Å². The van der Waals surface area contributed by atoms with Gasteiger partial charge in [-0.15, -0.1) is 11.8 Å². The molecule has 0 unspecified atom stereocenters. The molecule has 0 bridgehead atoms. The number of nitrogens with zero attached hydrogens (tertiary/aromatic N) is 1. The number of carbonyl (C=O) groups is 1. The molecule has 34 heavy (non-hydrogen) atoms. The van der Waals surface area contributed by atoms with E-state index < -0.39 is 0 Å². The van der Waals surface area contributed by atoms with Crippen molar-refractivity contribution in [2.24, 2.45) is 0 Å². The van der Waals surface area contributed by atoms with E-state index in [9.17, 15) is 18.0 Å². The summed E-state index contributed by atoms with van der Waals surface area (Å²) in [5.41, 5.74) is 2.47. The molecule has 4 rings (SSSR count). The average Bonchev–Trinajstić information content (AvgIpc) is 2.86. The molecule has 1 saturated heterocycles. The minimum Gasteiger partial charge on any atom is -0.339 e. The molecule has 1 N–H and O–H groups in total. The maximum Gasteiger partial charge on any atom is 0.253 e. The SMILES string of the molecule is O=C(c1ccc(F)cc1)N1CCC(NCCSC(c2ccc(F)cc2)c2ccc(F)cc2)CC1. The van der Waals surface area contributed by atoms with E-state index in [1.165, 1.54) is 48.5 Å². The zero-order chi connectivity index (χ0) is 23.9. The summed E-state index contributed by atoms with van der Waals surface area (Å²) in [6.07, 6.45) is 1.72. The maximum absolute atomic E-state index is 13.4. The summed E-state index contributed by atoms with van der Waals surface area (Å²) in [6, 6.07) is 18.9. The number of carbonyl (C=O) groups excluding carboxylic acids is 1. The lowest BCUT2D eigenvalue weighted by molar-refractivity contribution is 0.0706. The van der Waals surface area contributed by atoms with E-state index >= 15 is 0 Å². The predicted molar refractivity (Wildman–Crippen MR) is 130 cm³/mol. The van der Waals surface area contributed by atoms with E-state index in [-0.39, 0.29) is 28.6 Å². The van der Waals surface area contributed by atoms with Gasteiger partial charge in [-0.05, 0) is 72.5 Å². The molecule has 1 heterocycles. The van der Waals surface area contributed by atoms with E-state index in [1.807, 2.05) is 4.90 Å². The number of amides is 1. The third-order valence-electron chi connectivity index (χ3n) is 6.04. The molecule has 0 spiro atoms. The standard InChI is InChI=1S/C27H27F3N2OS/c28-22-7-1-19(2-8-22)26(20-3-9-23(29)10-4-20)34-18-15-31-25-13-16-32(17-14-25)27(33)21-5-11-24(30)12-6-21/h1-12,25-26,31H,13-18H2. The van der Waals surface area contributed by atoms with Gasteiger partial charge in [-0.25, -0.2) is 13.2 Å². The number of hydrogen-bond donors (Lipinski definition) is 1. The molecule has 1 fully saturated rings. The van der Waals surface area contributed by atoms with Gasteiger partial charge in [-0.1, -0.05) is 24.3 Å². The number of halogens is 3. The first-order chi connectivity index (χ1) is 16.5. The van der Waals surface area contributed by atoms with Gasteiger partial charge < -0.3 is 10.2 Å². The molecule has 0 atom stereocenters. The molecule has 1 aliphatic rings. The predicted octanol–water partition coefficient (Wildman–Crippen LogP) is 5.82. The van der Waals surface area contributed by atoms with Crippen LogP contribution < -0.4 is 5.32 Å². The van der Waals surface area contributed by atoms with Crippen LogP contribution in [0.5, 0.6) is 0 Å². The molecule has 0 radical (unpaired) electrons. The van der Waals surface area contributed by atoms with Crippen molar-refractivity contribution in [3.63, 3.8) is 0 Å². The van der Waals surface area contributed by atoms with Crippen molar-refractivity contribution in [1.29, 1.82) is 0 Å². The molecule has 3 nitrogen and oxygen atoms in total. The van der Waals surface area contributed by atoms with Crippen LogP contribution in [0.3, 0.4) is 0 Å². The maximum atomic E-state index is 13.4. The summed E-state index contributed by atoms with van der Waals surface area (Å²) in [5.74, 6) is -0.141. The van der Waals surface area contributed by atoms with Gasteiger partial charge in [0.1, 0.15) is 17.5 Å². The Morgan fingerprint density at radius 3 is 1.79 bits per heavy atom. The summed E-state index contributed by atoms with van der Waals surface area (Å²) >= 11 is 1.73. The molecule has 3 aromatic carbocycles. The first kappa shape index (κ1) is 24.4. The lowest BCUT2D eigenvalue weighted by Crippen LogP contribution is -2.45. The fraction of sp³-hybridized carbons (Fsp3) is 0.296. The largest absolute Gasteiger partial charge is 0.339 e. The van der Waals surface area contributed by atoms with Crippen molar-refractivity contribution in [1.82, 2.24) is 10.2 Å². The highest BCUT2D eigenvalue weighted by atomic mass is 32.2. The van der Waals surface area contributed by atoms with E-state index in [0.717, 1.165) is 36.3 Å². The lowest BCUT2D eigenvalue weighted by atomic mass is 10.0. The van der Waals surface area contributed by atoms with Crippen LogP contribution in [0.15, 0.2) is 72.8 Å². The molecular formula is C27H27F3N2OS. The van der Waals surface area contributed by atoms with Crippen molar-refractivity contribution >= 4 is 17.7 Å². The zero-order valence-electron chi connectivity index (χ0n) is 18.7. The summed E-state index contributed by atoms with van der Waals surface area (Å²) < 4.78 is 39.9. The van der Waals surface area contributed by atoms with Crippen molar-refractivity contribution in [3.8, 4) is 0 Å². The first-order valence-electron chi connectivity index (χ1n) is 11.4. The van der Waals surface area contributed by atoms with Crippen molar-refractivity contribution in [2.45, 2.75) is 24.1 Å². The normalized spacial score (nSPS) is 14.5. The fourth-order valence-electron chi connectivity index (χ4n) is 4.16. The Balaban J connectivity index is 1.26. The Morgan fingerprint density at radius 2 is 1.29 bits per heavy atom. The zero-order valence-corrected chi connectivity index (χ0v) is 19.5. The Morgan fingerprint density at radius 1 is 0.824 bits per heavy atom. The van der Waals surface area contributed by atoms with Gasteiger partial charge in [0, 0.05) is 37.0 Å². The van der Waals surface area contributed by atoms with Gasteiger partial charge in [-0.2, -0.15) is 0 Å². The number of benzene rings is 3. The Kier molecular flexibility index (Phi) is 8.29. The van der Waals surface area contributed by atoms with Gasteiger partial charge in [0.15, 0.2) is 0 Å². The lowest BCUT2D eigenvalue weighted by Gasteiger charge is -2.32.